The van der Waals surface area contributed by atoms with Crippen LogP contribution in [-0.4, -0.2) is 370 Å². The van der Waals surface area contributed by atoms with Crippen molar-refractivity contribution in [3.05, 3.63) is 0 Å². The summed E-state index contributed by atoms with van der Waals surface area (Å²) in [7, 11) is 0. The summed E-state index contributed by atoms with van der Waals surface area (Å²) in [6.45, 7) is -3.87. The van der Waals surface area contributed by atoms with Gasteiger partial charge in [-0.2, -0.15) is 0 Å². The number of rotatable bonds is 10. The number of ether oxygens (including phenoxy) is 14. The number of aliphatic hydroxyl groups is 20. The molecule has 21 aliphatic rings. The van der Waals surface area contributed by atoms with Gasteiger partial charge in [-0.25, -0.2) is 0 Å². The van der Waals surface area contributed by atoms with Crippen LogP contribution in [0, 0.1) is 0 Å². The topological polar surface area (TPSA) is 550 Å². The predicted molar refractivity (Wildman–Crippen MR) is 243 cm³/mol. The summed E-state index contributed by atoms with van der Waals surface area (Å²) in [4.78, 5) is 0. The van der Waals surface area contributed by atoms with Crippen LogP contribution < -0.4 is 5.32 Å². The second-order valence-corrected chi connectivity index (χ2v) is 20.8. The van der Waals surface area contributed by atoms with E-state index >= 15 is 0 Å². The Morgan fingerprint density at radius 1 is 0.237 bits per heavy atom. The molecule has 21 saturated heterocycles. The third-order valence-corrected chi connectivity index (χ3v) is 15.5. The molecule has 22 N–H and O–H groups in total. The van der Waals surface area contributed by atoms with E-state index in [1.165, 1.54) is 0 Å². The maximum Gasteiger partial charge on any atom is 0.187 e. The molecule has 0 aromatic carbocycles. The Morgan fingerprint density at radius 2 is 0.400 bits per heavy atom. The first-order valence-corrected chi connectivity index (χ1v) is 26.3. The van der Waals surface area contributed by atoms with Crippen molar-refractivity contribution < 1.29 is 174 Å². The van der Waals surface area contributed by atoms with E-state index in [0.717, 1.165) is 0 Å². The highest BCUT2D eigenvalue weighted by atomic mass is 16.8. The largest absolute Gasteiger partial charge is 0.394 e. The molecule has 21 fully saturated rings. The Bertz CT molecular complexity index is 1880. The van der Waals surface area contributed by atoms with Crippen molar-refractivity contribution in [1.82, 2.24) is 0 Å². The van der Waals surface area contributed by atoms with Gasteiger partial charge in [0, 0.05) is 0 Å². The molecule has 80 heavy (non-hydrogen) atoms. The minimum Gasteiger partial charge on any atom is -0.394 e. The summed E-state index contributed by atoms with van der Waals surface area (Å²) < 4.78 is 81.0. The summed E-state index contributed by atoms with van der Waals surface area (Å²) in [5.41, 5.74) is 0. The van der Waals surface area contributed by atoms with Gasteiger partial charge in [0.05, 0.1) is 46.2 Å². The summed E-state index contributed by atoms with van der Waals surface area (Å²) in [5, 5.41) is 224. The second kappa shape index (κ2) is 28.0. The fourth-order valence-electron chi connectivity index (χ4n) is 10.9. The number of nitrogens with two attached hydrogens (primary N) is 1. The van der Waals surface area contributed by atoms with Crippen LogP contribution in [0.15, 0.2) is 0 Å². The van der Waals surface area contributed by atoms with Gasteiger partial charge in [-0.05, 0) is 6.42 Å². The van der Waals surface area contributed by atoms with E-state index in [1.807, 2.05) is 6.92 Å². The van der Waals surface area contributed by atoms with Gasteiger partial charge in [0.25, 0.3) is 0 Å². The highest BCUT2D eigenvalue weighted by Crippen LogP contribution is 2.39. The zero-order chi connectivity index (χ0) is 58.2. The number of quaternary nitrogens is 1. The average Bonchev–Trinajstić information content (AvgIpc) is 3.50. The maximum atomic E-state index is 11.6. The molecule has 21 rings (SSSR count). The Balaban J connectivity index is 1.09. The fraction of sp³-hybridized carbons (Fsp3) is 1.00. The first-order valence-electron chi connectivity index (χ1n) is 26.3. The summed E-state index contributed by atoms with van der Waals surface area (Å²) in [5.74, 6) is 0. The fourth-order valence-corrected chi connectivity index (χ4v) is 10.9. The van der Waals surface area contributed by atoms with Crippen molar-refractivity contribution in [1.29, 1.82) is 0 Å². The van der Waals surface area contributed by atoms with Crippen LogP contribution in [0.25, 0.3) is 0 Å². The first kappa shape index (κ1) is 64.6. The Labute approximate surface area is 454 Å². The molecule has 35 nitrogen and oxygen atoms in total. The molecule has 0 aromatic heterocycles. The summed E-state index contributed by atoms with van der Waals surface area (Å²) in [6, 6.07) is 0. The van der Waals surface area contributed by atoms with Gasteiger partial charge in [-0.3, -0.25) is 0 Å². The first-order chi connectivity index (χ1) is 38.2. The molecule has 0 amide bonds. The molecule has 0 aliphatic carbocycles. The lowest BCUT2D eigenvalue weighted by Crippen LogP contribution is -2.88. The van der Waals surface area contributed by atoms with Gasteiger partial charge >= 0.3 is 0 Å². The average molecular weight is 1180 g/mol. The van der Waals surface area contributed by atoms with Gasteiger partial charge in [0.1, 0.15) is 177 Å². The minimum atomic E-state index is -2.20. The third-order valence-electron chi connectivity index (χ3n) is 15.5. The molecule has 466 valence electrons. The van der Waals surface area contributed by atoms with Crippen molar-refractivity contribution in [3.63, 3.8) is 0 Å². The van der Waals surface area contributed by atoms with E-state index in [-0.39, 0.29) is 6.54 Å². The highest BCUT2D eigenvalue weighted by Gasteiger charge is 2.59. The maximum absolute atomic E-state index is 11.6. The predicted octanol–water partition coefficient (Wildman–Crippen LogP) is -15.2. The van der Waals surface area contributed by atoms with E-state index in [1.54, 1.807) is 5.32 Å². The molecule has 35 atom stereocenters. The molecule has 0 unspecified atom stereocenters. The smallest absolute Gasteiger partial charge is 0.187 e. The zero-order valence-corrected chi connectivity index (χ0v) is 42.8. The van der Waals surface area contributed by atoms with Crippen LogP contribution in [0.4, 0.5) is 0 Å². The van der Waals surface area contributed by atoms with Crippen LogP contribution >= 0.6 is 0 Å². The molecular formula is C45H78NO34+. The van der Waals surface area contributed by atoms with Crippen LogP contribution in [-0.2, 0) is 66.3 Å². The molecule has 0 saturated carbocycles. The van der Waals surface area contributed by atoms with Gasteiger partial charge in [0.15, 0.2) is 44.0 Å². The van der Waals surface area contributed by atoms with Crippen molar-refractivity contribution in [2.45, 2.75) is 228 Å². The SMILES string of the molecule is CCC[NH2+]C[C@H]1O[C@@H]2O[C@H]3[C@H](O)[C@@H](O)[C@@H](O[C@H]4[C@H](O)[C@@H](O)[C@@H](O[C@H]5[C@H](O)[C@@H](O)[C@@H](O[C@H]6[C@H](O)[C@@H](O)[C@@H](O[C@H]7[C@H](O)[C@@H](O)[C@@H](O[C@H]8[C@H](O)[C@@H](O)[C@@H](O[C@H]1[C@H](O)[C@H]2O)O[C@@H]8CO)O[C@@H]7CO)O[C@@H]6CO)O[C@@H]5CO)O[C@@H]4CO)O[C@@H]3CO. The summed E-state index contributed by atoms with van der Waals surface area (Å²) >= 11 is 0. The molecular weight excluding hydrogens is 1100 g/mol. The highest BCUT2D eigenvalue weighted by molar-refractivity contribution is 5.01. The van der Waals surface area contributed by atoms with Crippen LogP contribution in [0.1, 0.15) is 13.3 Å². The molecule has 0 aromatic rings. The molecule has 14 bridgehead atoms. The number of hydrogen-bond acceptors (Lipinski definition) is 34. The van der Waals surface area contributed by atoms with Crippen molar-refractivity contribution in [3.8, 4) is 0 Å². The van der Waals surface area contributed by atoms with E-state index in [0.29, 0.717) is 13.0 Å². The van der Waals surface area contributed by atoms with E-state index in [2.05, 4.69) is 0 Å². The molecule has 0 spiro atoms. The molecule has 0 radical (unpaired) electrons. The quantitative estimate of drug-likeness (QED) is 0.0903. The lowest BCUT2D eigenvalue weighted by Gasteiger charge is -2.50. The molecule has 35 heteroatoms. The zero-order valence-electron chi connectivity index (χ0n) is 42.8. The normalized spacial score (nSPS) is 53.7. The minimum absolute atomic E-state index is 0.0668. The van der Waals surface area contributed by atoms with Gasteiger partial charge in [-0.1, -0.05) is 6.92 Å². The van der Waals surface area contributed by atoms with E-state index < -0.39 is 255 Å². The van der Waals surface area contributed by atoms with Crippen LogP contribution in [0.2, 0.25) is 0 Å². The second-order valence-electron chi connectivity index (χ2n) is 20.8. The van der Waals surface area contributed by atoms with Crippen molar-refractivity contribution >= 4 is 0 Å². The number of aliphatic hydroxyl groups excluding tert-OH is 20. The van der Waals surface area contributed by atoms with Gasteiger partial charge < -0.3 is 174 Å². The standard InChI is InChI=1S/C45H77NO34/c1-2-3-46-4-11-32-18(53)25(60)39(67-11)75-33-12(5-47)69-41(27(62)20(33)55)77-35-14(7-49)71-43(29(64)22(35)57)79-37-16(9-51)73-45(31(66)24(37)59)80-38-17(10-52)72-44(30(65)23(38)58)78-36-15(8-50)70-42(28(63)21(36)56)76-34-13(6-48)68-40(74-32)26(61)19(34)54/h11-66H,2-10H2,1H3/p+1/t11-,12-,13-,14-,15-,16-,17-,18-,19-,20-,21-,22-,23-,24-,25-,26-,27-,28-,29-,30-,31-,32-,33-,34-,35-,36-,37-,38-,39-,40-,41-,42-,43-,44-,45-/m1/s1. The van der Waals surface area contributed by atoms with Gasteiger partial charge in [0.2, 0.25) is 0 Å². The molecule has 21 aliphatic heterocycles. The lowest BCUT2D eigenvalue weighted by molar-refractivity contribution is -0.665. The number of hydrogen-bond donors (Lipinski definition) is 21. The third kappa shape index (κ3) is 13.0. The van der Waals surface area contributed by atoms with E-state index in [4.69, 9.17) is 66.3 Å². The van der Waals surface area contributed by atoms with Crippen LogP contribution in [0.3, 0.4) is 0 Å². The lowest BCUT2D eigenvalue weighted by atomic mass is 9.95. The van der Waals surface area contributed by atoms with Crippen molar-refractivity contribution in [2.24, 2.45) is 0 Å². The Kier molecular flexibility index (Phi) is 22.6. The molecule has 21 heterocycles. The van der Waals surface area contributed by atoms with Gasteiger partial charge in [-0.15, -0.1) is 0 Å². The Hall–Kier alpha value is -1.40. The van der Waals surface area contributed by atoms with Crippen molar-refractivity contribution in [2.75, 3.05) is 52.7 Å². The van der Waals surface area contributed by atoms with E-state index in [9.17, 15) is 102 Å². The van der Waals surface area contributed by atoms with Crippen LogP contribution in [0.5, 0.6) is 0 Å². The monoisotopic (exact) mass is 1180 g/mol. The summed E-state index contributed by atoms with van der Waals surface area (Å²) in [6.07, 6.45) is -67.7. The Morgan fingerprint density at radius 3 is 0.562 bits per heavy atom.